The Balaban J connectivity index is 3.27. The summed E-state index contributed by atoms with van der Waals surface area (Å²) >= 11 is 0. The third-order valence-corrected chi connectivity index (χ3v) is 1.41. The van der Waals surface area contributed by atoms with Crippen LogP contribution in [-0.4, -0.2) is 9.97 Å². The van der Waals surface area contributed by atoms with Crippen LogP contribution in [0.4, 0.5) is 11.8 Å². The summed E-state index contributed by atoms with van der Waals surface area (Å²) in [5.74, 6) is 0.529. The number of rotatable bonds is 2. The molecule has 5 heteroatoms. The summed E-state index contributed by atoms with van der Waals surface area (Å²) in [4.78, 5) is 17.3. The highest BCUT2D eigenvalue weighted by atomic mass is 16.1. The predicted molar refractivity (Wildman–Crippen MR) is 47.8 cm³/mol. The van der Waals surface area contributed by atoms with E-state index in [0.29, 0.717) is 11.4 Å². The van der Waals surface area contributed by atoms with E-state index in [-0.39, 0.29) is 11.5 Å². The van der Waals surface area contributed by atoms with Gasteiger partial charge in [-0.15, -0.1) is 0 Å². The van der Waals surface area contributed by atoms with Crippen molar-refractivity contribution in [3.63, 3.8) is 0 Å². The highest BCUT2D eigenvalue weighted by molar-refractivity contribution is 5.46. The van der Waals surface area contributed by atoms with Gasteiger partial charge in [0.15, 0.2) is 0 Å². The second kappa shape index (κ2) is 3.08. The van der Waals surface area contributed by atoms with Gasteiger partial charge in [0.1, 0.15) is 5.82 Å². The summed E-state index contributed by atoms with van der Waals surface area (Å²) in [5, 5.41) is 2.71. The third-order valence-electron chi connectivity index (χ3n) is 1.41. The molecule has 0 bridgehead atoms. The Labute approximate surface area is 69.3 Å². The molecular formula is C7H10N4O. The zero-order valence-electron chi connectivity index (χ0n) is 6.72. The molecule has 0 aliphatic rings. The van der Waals surface area contributed by atoms with E-state index in [2.05, 4.69) is 21.9 Å². The minimum absolute atomic E-state index is 0.0925. The number of aromatic amines is 1. The third kappa shape index (κ3) is 1.45. The van der Waals surface area contributed by atoms with Gasteiger partial charge in [-0.2, -0.15) is 4.98 Å². The summed E-state index contributed by atoms with van der Waals surface area (Å²) in [6.45, 7) is 5.10. The number of nitrogens with two attached hydrogens (primary N) is 1. The molecule has 5 nitrogen and oxygen atoms in total. The van der Waals surface area contributed by atoms with Crippen LogP contribution in [0.25, 0.3) is 0 Å². The highest BCUT2D eigenvalue weighted by Gasteiger charge is 2.02. The number of aromatic nitrogens is 2. The minimum Gasteiger partial charge on any atom is -0.369 e. The van der Waals surface area contributed by atoms with Gasteiger partial charge in [-0.1, -0.05) is 6.58 Å². The summed E-state index contributed by atoms with van der Waals surface area (Å²) in [6, 6.07) is 0. The molecule has 0 saturated carbocycles. The van der Waals surface area contributed by atoms with Crippen molar-refractivity contribution in [3.05, 3.63) is 28.7 Å². The van der Waals surface area contributed by atoms with Crippen molar-refractivity contribution in [2.75, 3.05) is 11.1 Å². The number of nitrogens with one attached hydrogen (secondary N) is 2. The van der Waals surface area contributed by atoms with Crippen LogP contribution in [0.15, 0.2) is 17.6 Å². The van der Waals surface area contributed by atoms with Crippen LogP contribution in [-0.2, 0) is 0 Å². The molecule has 1 aromatic heterocycles. The van der Waals surface area contributed by atoms with E-state index in [0.717, 1.165) is 0 Å². The zero-order chi connectivity index (χ0) is 9.14. The largest absolute Gasteiger partial charge is 0.369 e. The van der Waals surface area contributed by atoms with Gasteiger partial charge in [-0.05, 0) is 13.1 Å². The number of hydrogen-bond donors (Lipinski definition) is 3. The van der Waals surface area contributed by atoms with Gasteiger partial charge in [-0.3, -0.25) is 9.78 Å². The summed E-state index contributed by atoms with van der Waals surface area (Å²) in [5.41, 5.74) is 5.56. The molecule has 0 aromatic carbocycles. The van der Waals surface area contributed by atoms with Gasteiger partial charge in [0.05, 0.1) is 5.56 Å². The fourth-order valence-corrected chi connectivity index (χ4v) is 0.787. The second-order valence-electron chi connectivity index (χ2n) is 2.27. The average molecular weight is 166 g/mol. The lowest BCUT2D eigenvalue weighted by Gasteiger charge is -2.02. The fraction of sp³-hybridized carbons (Fsp3) is 0.143. The van der Waals surface area contributed by atoms with E-state index >= 15 is 0 Å². The van der Waals surface area contributed by atoms with Crippen LogP contribution in [0.3, 0.4) is 0 Å². The smallest absolute Gasteiger partial charge is 0.257 e. The van der Waals surface area contributed by atoms with E-state index in [9.17, 15) is 4.79 Å². The summed E-state index contributed by atoms with van der Waals surface area (Å²) < 4.78 is 0. The maximum Gasteiger partial charge on any atom is 0.257 e. The number of hydrogen-bond acceptors (Lipinski definition) is 4. The van der Waals surface area contributed by atoms with Crippen molar-refractivity contribution in [1.29, 1.82) is 0 Å². The van der Waals surface area contributed by atoms with Crippen molar-refractivity contribution in [2.45, 2.75) is 6.92 Å². The lowest BCUT2D eigenvalue weighted by atomic mass is 10.3. The van der Waals surface area contributed by atoms with Crippen LogP contribution in [0, 0.1) is 6.92 Å². The molecule has 0 aliphatic carbocycles. The summed E-state index contributed by atoms with van der Waals surface area (Å²) in [7, 11) is 0. The van der Waals surface area contributed by atoms with Gasteiger partial charge >= 0.3 is 0 Å². The SMILES string of the molecule is C=CNc1nc(N)[nH]c(=O)c1C. The Morgan fingerprint density at radius 1 is 1.75 bits per heavy atom. The molecule has 0 spiro atoms. The van der Waals surface area contributed by atoms with Gasteiger partial charge in [0, 0.05) is 0 Å². The first kappa shape index (κ1) is 8.32. The van der Waals surface area contributed by atoms with Crippen LogP contribution in [0.2, 0.25) is 0 Å². The van der Waals surface area contributed by atoms with Crippen LogP contribution < -0.4 is 16.6 Å². The Morgan fingerprint density at radius 2 is 2.42 bits per heavy atom. The molecule has 1 heterocycles. The van der Waals surface area contributed by atoms with E-state index in [1.807, 2.05) is 0 Å². The van der Waals surface area contributed by atoms with Gasteiger partial charge in [0.2, 0.25) is 5.95 Å². The van der Waals surface area contributed by atoms with Crippen molar-refractivity contribution in [2.24, 2.45) is 0 Å². The van der Waals surface area contributed by atoms with E-state index in [1.54, 1.807) is 6.92 Å². The molecule has 64 valence electrons. The van der Waals surface area contributed by atoms with Gasteiger partial charge < -0.3 is 11.1 Å². The van der Waals surface area contributed by atoms with Crippen LogP contribution in [0.5, 0.6) is 0 Å². The topological polar surface area (TPSA) is 83.8 Å². The Morgan fingerprint density at radius 3 is 3.00 bits per heavy atom. The average Bonchev–Trinajstić information content (AvgIpc) is 2.00. The molecule has 12 heavy (non-hydrogen) atoms. The Bertz CT molecular complexity index is 355. The van der Waals surface area contributed by atoms with Crippen molar-refractivity contribution in [3.8, 4) is 0 Å². The lowest BCUT2D eigenvalue weighted by Crippen LogP contribution is -2.16. The first-order valence-electron chi connectivity index (χ1n) is 3.39. The van der Waals surface area contributed by atoms with Crippen molar-refractivity contribution < 1.29 is 0 Å². The number of nitrogens with zero attached hydrogens (tertiary/aromatic N) is 1. The number of anilines is 2. The van der Waals surface area contributed by atoms with E-state index < -0.39 is 0 Å². The van der Waals surface area contributed by atoms with Crippen molar-refractivity contribution in [1.82, 2.24) is 9.97 Å². The monoisotopic (exact) mass is 166 g/mol. The zero-order valence-corrected chi connectivity index (χ0v) is 6.72. The maximum absolute atomic E-state index is 11.1. The first-order chi connectivity index (χ1) is 5.65. The summed E-state index contributed by atoms with van der Waals surface area (Å²) in [6.07, 6.45) is 1.44. The number of nitrogen functional groups attached to an aromatic ring is 1. The molecule has 4 N–H and O–H groups in total. The molecule has 0 saturated heterocycles. The Hall–Kier alpha value is -1.78. The van der Waals surface area contributed by atoms with Crippen LogP contribution >= 0.6 is 0 Å². The second-order valence-corrected chi connectivity index (χ2v) is 2.27. The fourth-order valence-electron chi connectivity index (χ4n) is 0.787. The molecule has 0 aliphatic heterocycles. The Kier molecular flexibility index (Phi) is 2.14. The first-order valence-corrected chi connectivity index (χ1v) is 3.39. The minimum atomic E-state index is -0.244. The quantitative estimate of drug-likeness (QED) is 0.586. The van der Waals surface area contributed by atoms with E-state index in [4.69, 9.17) is 5.73 Å². The molecular weight excluding hydrogens is 156 g/mol. The molecule has 0 atom stereocenters. The maximum atomic E-state index is 11.1. The highest BCUT2D eigenvalue weighted by Crippen LogP contribution is 2.05. The van der Waals surface area contributed by atoms with E-state index in [1.165, 1.54) is 6.20 Å². The predicted octanol–water partition coefficient (Wildman–Crippen LogP) is 0.216. The lowest BCUT2D eigenvalue weighted by molar-refractivity contribution is 1.10. The van der Waals surface area contributed by atoms with Gasteiger partial charge in [0.25, 0.3) is 5.56 Å². The molecule has 1 aromatic rings. The standard InChI is InChI=1S/C7H10N4O/c1-3-9-5-4(2)6(12)11-7(8)10-5/h3H,1H2,2H3,(H4,8,9,10,11,12). The molecule has 1 rings (SSSR count). The number of H-pyrrole nitrogens is 1. The molecule has 0 fully saturated rings. The molecule has 0 radical (unpaired) electrons. The van der Waals surface area contributed by atoms with Crippen molar-refractivity contribution >= 4 is 11.8 Å². The van der Waals surface area contributed by atoms with Gasteiger partial charge in [-0.25, -0.2) is 0 Å². The molecule has 0 amide bonds. The normalized spacial score (nSPS) is 9.42. The molecule has 0 unspecified atom stereocenters. The van der Waals surface area contributed by atoms with Crippen LogP contribution in [0.1, 0.15) is 5.56 Å².